The zero-order chi connectivity index (χ0) is 14.0. The maximum absolute atomic E-state index is 11.3. The Morgan fingerprint density at radius 1 is 1.37 bits per heavy atom. The number of hydrogen-bond acceptors (Lipinski definition) is 4. The normalized spacial score (nSPS) is 15.0. The number of nitrogens with one attached hydrogen (secondary N) is 2. The van der Waals surface area contributed by atoms with E-state index in [0.717, 1.165) is 48.3 Å². The van der Waals surface area contributed by atoms with Crippen molar-refractivity contribution >= 4 is 21.5 Å². The van der Waals surface area contributed by atoms with Crippen LogP contribution in [0.3, 0.4) is 0 Å². The maximum atomic E-state index is 11.3. The second kappa shape index (κ2) is 5.21. The smallest absolute Gasteiger partial charge is 0.229 e. The number of sulfonamides is 1. The van der Waals surface area contributed by atoms with Crippen LogP contribution in [0.15, 0.2) is 17.1 Å². The van der Waals surface area contributed by atoms with E-state index in [2.05, 4.69) is 15.0 Å². The molecule has 0 spiro atoms. The van der Waals surface area contributed by atoms with E-state index in [0.29, 0.717) is 5.69 Å². The standard InChI is InChI=1S/C13H19N3O2S/c1-9-4-5-12(16-19(3,17)18)10(2)11(9)8-13-14-6-7-15-13/h4-5,16H,6-8H2,1-3H3,(H,14,15). The summed E-state index contributed by atoms with van der Waals surface area (Å²) in [5.41, 5.74) is 3.87. The summed E-state index contributed by atoms with van der Waals surface area (Å²) in [7, 11) is -3.25. The van der Waals surface area contributed by atoms with Crippen LogP contribution >= 0.6 is 0 Å². The molecule has 0 aliphatic carbocycles. The minimum absolute atomic E-state index is 0.640. The Kier molecular flexibility index (Phi) is 3.80. The third kappa shape index (κ3) is 3.47. The van der Waals surface area contributed by atoms with Gasteiger partial charge in [0.05, 0.1) is 18.5 Å². The lowest BCUT2D eigenvalue weighted by Gasteiger charge is -2.15. The predicted octanol–water partition coefficient (Wildman–Crippen LogP) is 1.22. The van der Waals surface area contributed by atoms with Crippen molar-refractivity contribution in [3.8, 4) is 0 Å². The Hall–Kier alpha value is -1.56. The number of hydrogen-bond donors (Lipinski definition) is 2. The quantitative estimate of drug-likeness (QED) is 0.871. The van der Waals surface area contributed by atoms with Crippen LogP contribution in [0.1, 0.15) is 16.7 Å². The van der Waals surface area contributed by atoms with Crippen LogP contribution in [-0.4, -0.2) is 33.6 Å². The number of aliphatic imine (C=N–C) groups is 1. The summed E-state index contributed by atoms with van der Waals surface area (Å²) in [4.78, 5) is 4.38. The van der Waals surface area contributed by atoms with Crippen molar-refractivity contribution in [2.75, 3.05) is 24.1 Å². The van der Waals surface area contributed by atoms with Crippen LogP contribution in [-0.2, 0) is 16.4 Å². The van der Waals surface area contributed by atoms with E-state index >= 15 is 0 Å². The molecule has 0 atom stereocenters. The van der Waals surface area contributed by atoms with Crippen molar-refractivity contribution in [1.29, 1.82) is 0 Å². The van der Waals surface area contributed by atoms with Gasteiger partial charge in [0.25, 0.3) is 0 Å². The highest BCUT2D eigenvalue weighted by atomic mass is 32.2. The van der Waals surface area contributed by atoms with Gasteiger partial charge in [0.2, 0.25) is 10.0 Å². The molecule has 1 heterocycles. The summed E-state index contributed by atoms with van der Waals surface area (Å²) in [5.74, 6) is 0.975. The van der Waals surface area contributed by atoms with Gasteiger partial charge in [0.15, 0.2) is 0 Å². The molecule has 19 heavy (non-hydrogen) atoms. The van der Waals surface area contributed by atoms with E-state index in [-0.39, 0.29) is 0 Å². The largest absolute Gasteiger partial charge is 0.372 e. The molecular formula is C13H19N3O2S. The summed E-state index contributed by atoms with van der Waals surface area (Å²) in [6.07, 6.45) is 1.88. The van der Waals surface area contributed by atoms with Gasteiger partial charge >= 0.3 is 0 Å². The molecule has 0 fully saturated rings. The zero-order valence-corrected chi connectivity index (χ0v) is 12.3. The Labute approximate surface area is 114 Å². The first-order chi connectivity index (χ1) is 8.87. The van der Waals surface area contributed by atoms with Crippen LogP contribution < -0.4 is 10.0 Å². The third-order valence-electron chi connectivity index (χ3n) is 3.22. The monoisotopic (exact) mass is 281 g/mol. The average molecular weight is 281 g/mol. The molecule has 1 aromatic rings. The molecule has 0 aromatic heterocycles. The first kappa shape index (κ1) is 13.9. The van der Waals surface area contributed by atoms with Gasteiger partial charge in [-0.2, -0.15) is 0 Å². The number of aryl methyl sites for hydroxylation is 1. The molecule has 6 heteroatoms. The first-order valence-corrected chi connectivity index (χ1v) is 8.10. The molecule has 0 amide bonds. The molecule has 1 aliphatic heterocycles. The van der Waals surface area contributed by atoms with Gasteiger partial charge in [-0.15, -0.1) is 0 Å². The number of anilines is 1. The van der Waals surface area contributed by atoms with E-state index < -0.39 is 10.0 Å². The maximum Gasteiger partial charge on any atom is 0.229 e. The Morgan fingerprint density at radius 2 is 2.11 bits per heavy atom. The molecule has 2 rings (SSSR count). The topological polar surface area (TPSA) is 70.6 Å². The lowest BCUT2D eigenvalue weighted by atomic mass is 9.98. The van der Waals surface area contributed by atoms with Crippen molar-refractivity contribution < 1.29 is 8.42 Å². The fourth-order valence-electron chi connectivity index (χ4n) is 2.21. The fraction of sp³-hybridized carbons (Fsp3) is 0.462. The fourth-order valence-corrected chi connectivity index (χ4v) is 2.83. The van der Waals surface area contributed by atoms with E-state index in [9.17, 15) is 8.42 Å². The van der Waals surface area contributed by atoms with Crippen molar-refractivity contribution in [3.05, 3.63) is 28.8 Å². The van der Waals surface area contributed by atoms with Gasteiger partial charge in [0, 0.05) is 13.0 Å². The number of benzene rings is 1. The summed E-state index contributed by atoms with van der Waals surface area (Å²) in [6, 6.07) is 3.74. The van der Waals surface area contributed by atoms with Gasteiger partial charge < -0.3 is 5.32 Å². The van der Waals surface area contributed by atoms with E-state index in [1.54, 1.807) is 6.07 Å². The Balaban J connectivity index is 2.34. The summed E-state index contributed by atoms with van der Waals surface area (Å²) >= 11 is 0. The summed E-state index contributed by atoms with van der Waals surface area (Å²) in [6.45, 7) is 5.66. The van der Waals surface area contributed by atoms with Gasteiger partial charge in [-0.3, -0.25) is 9.71 Å². The second-order valence-corrected chi connectivity index (χ2v) is 6.59. The average Bonchev–Trinajstić information content (AvgIpc) is 2.79. The molecule has 1 aromatic carbocycles. The highest BCUT2D eigenvalue weighted by molar-refractivity contribution is 7.92. The molecule has 0 unspecified atom stereocenters. The lowest BCUT2D eigenvalue weighted by molar-refractivity contribution is 0.607. The SMILES string of the molecule is Cc1ccc(NS(C)(=O)=O)c(C)c1CC1=NCCN1. The predicted molar refractivity (Wildman–Crippen MR) is 78.4 cm³/mol. The minimum Gasteiger partial charge on any atom is -0.372 e. The zero-order valence-electron chi connectivity index (χ0n) is 11.4. The van der Waals surface area contributed by atoms with Gasteiger partial charge in [0.1, 0.15) is 5.84 Å². The molecule has 0 saturated heterocycles. The first-order valence-electron chi connectivity index (χ1n) is 6.21. The van der Waals surface area contributed by atoms with Crippen molar-refractivity contribution in [2.24, 2.45) is 4.99 Å². The highest BCUT2D eigenvalue weighted by Crippen LogP contribution is 2.24. The molecule has 2 N–H and O–H groups in total. The highest BCUT2D eigenvalue weighted by Gasteiger charge is 2.14. The van der Waals surface area contributed by atoms with Gasteiger partial charge in [-0.05, 0) is 36.6 Å². The second-order valence-electron chi connectivity index (χ2n) is 4.84. The molecular weight excluding hydrogens is 262 g/mol. The molecule has 104 valence electrons. The minimum atomic E-state index is -3.25. The number of nitrogens with zero attached hydrogens (tertiary/aromatic N) is 1. The van der Waals surface area contributed by atoms with Crippen LogP contribution in [0.4, 0.5) is 5.69 Å². The van der Waals surface area contributed by atoms with Gasteiger partial charge in [-0.1, -0.05) is 6.07 Å². The van der Waals surface area contributed by atoms with Crippen molar-refractivity contribution in [2.45, 2.75) is 20.3 Å². The molecule has 1 aliphatic rings. The van der Waals surface area contributed by atoms with Crippen LogP contribution in [0.25, 0.3) is 0 Å². The van der Waals surface area contributed by atoms with E-state index in [1.165, 1.54) is 0 Å². The van der Waals surface area contributed by atoms with Crippen LogP contribution in [0.5, 0.6) is 0 Å². The number of amidine groups is 1. The Bertz CT molecular complexity index is 621. The van der Waals surface area contributed by atoms with Crippen LogP contribution in [0.2, 0.25) is 0 Å². The lowest BCUT2D eigenvalue weighted by Crippen LogP contribution is -2.21. The van der Waals surface area contributed by atoms with Crippen molar-refractivity contribution in [1.82, 2.24) is 5.32 Å². The Morgan fingerprint density at radius 3 is 2.68 bits per heavy atom. The van der Waals surface area contributed by atoms with Crippen LogP contribution in [0, 0.1) is 13.8 Å². The molecule has 0 radical (unpaired) electrons. The van der Waals surface area contributed by atoms with Gasteiger partial charge in [-0.25, -0.2) is 8.42 Å². The number of rotatable bonds is 4. The molecule has 0 saturated carbocycles. The third-order valence-corrected chi connectivity index (χ3v) is 3.81. The van der Waals surface area contributed by atoms with Crippen molar-refractivity contribution in [3.63, 3.8) is 0 Å². The van der Waals surface area contributed by atoms with E-state index in [1.807, 2.05) is 19.9 Å². The summed E-state index contributed by atoms with van der Waals surface area (Å²) in [5, 5.41) is 3.24. The molecule has 0 bridgehead atoms. The molecule has 5 nitrogen and oxygen atoms in total. The van der Waals surface area contributed by atoms with E-state index in [4.69, 9.17) is 0 Å². The summed E-state index contributed by atoms with van der Waals surface area (Å²) < 4.78 is 25.2.